The van der Waals surface area contributed by atoms with Gasteiger partial charge in [-0.05, 0) is 0 Å². The maximum absolute atomic E-state index is 12.2. The van der Waals surface area contributed by atoms with E-state index in [-0.39, 0.29) is 12.2 Å². The number of aryl methyl sites for hydroxylation is 1. The van der Waals surface area contributed by atoms with Crippen LogP contribution in [-0.2, 0) is 12.8 Å². The predicted octanol–water partition coefficient (Wildman–Crippen LogP) is 2.70. The molecule has 1 atom stereocenters. The Labute approximate surface area is 107 Å². The van der Waals surface area contributed by atoms with Gasteiger partial charge in [-0.15, -0.1) is 0 Å². The molecule has 0 aliphatic rings. The highest BCUT2D eigenvalue weighted by Gasteiger charge is 2.43. The van der Waals surface area contributed by atoms with Gasteiger partial charge < -0.3 is 4.52 Å². The molecule has 102 valence electrons. The van der Waals surface area contributed by atoms with Crippen LogP contribution in [0.15, 0.2) is 4.52 Å². The fraction of sp³-hybridized carbons (Fsp3) is 0.636. The summed E-state index contributed by atoms with van der Waals surface area (Å²) in [6, 6.07) is 1.64. The van der Waals surface area contributed by atoms with Crippen molar-refractivity contribution in [3.63, 3.8) is 0 Å². The lowest BCUT2D eigenvalue weighted by molar-refractivity contribution is -0.136. The minimum atomic E-state index is -4.40. The number of hydrogen-bond donors (Lipinski definition) is 0. The number of alkyl halides is 3. The van der Waals surface area contributed by atoms with Crippen LogP contribution in [0.5, 0.6) is 0 Å². The molecule has 1 aromatic rings. The molecule has 1 rings (SSSR count). The van der Waals surface area contributed by atoms with E-state index in [0.717, 1.165) is 0 Å². The predicted molar refractivity (Wildman–Crippen MR) is 57.6 cm³/mol. The van der Waals surface area contributed by atoms with Gasteiger partial charge in [0.25, 0.3) is 0 Å². The molecule has 0 aliphatic carbocycles. The minimum absolute atomic E-state index is 0.0802. The molecule has 0 saturated carbocycles. The molecule has 1 unspecified atom stereocenters. The van der Waals surface area contributed by atoms with E-state index in [4.69, 9.17) is 16.4 Å². The Hall–Kier alpha value is -2.09. The highest BCUT2D eigenvalue weighted by Crippen LogP contribution is 2.29. The summed E-state index contributed by atoms with van der Waals surface area (Å²) in [7, 11) is 0. The molecule has 0 saturated heterocycles. The summed E-state index contributed by atoms with van der Waals surface area (Å²) in [5.41, 5.74) is -1.80. The highest BCUT2D eigenvalue weighted by atomic mass is 19.4. The van der Waals surface area contributed by atoms with Gasteiger partial charge in [0.05, 0.1) is 6.42 Å². The first kappa shape index (κ1) is 15.0. The van der Waals surface area contributed by atoms with Gasteiger partial charge in [0.2, 0.25) is 5.89 Å². The van der Waals surface area contributed by atoms with E-state index >= 15 is 0 Å². The smallest absolute Gasteiger partial charge is 0.339 e. The normalized spacial score (nSPS) is 14.4. The third-order valence-electron chi connectivity index (χ3n) is 2.51. The van der Waals surface area contributed by atoms with Gasteiger partial charge in [0.1, 0.15) is 6.42 Å². The average molecular weight is 272 g/mol. The maximum atomic E-state index is 12.2. The molecule has 0 bridgehead atoms. The summed E-state index contributed by atoms with van der Waals surface area (Å²) >= 11 is 0. The largest absolute Gasteiger partial charge is 0.389 e. The number of hydrogen-bond acceptors (Lipinski definition) is 4. The van der Waals surface area contributed by atoms with E-state index in [9.17, 15) is 13.2 Å². The van der Waals surface area contributed by atoms with Crippen LogP contribution >= 0.6 is 0 Å². The van der Waals surface area contributed by atoms with Crippen molar-refractivity contribution >= 4 is 0 Å². The quantitative estimate of drug-likeness (QED) is 0.773. The lowest BCUT2D eigenvalue weighted by Crippen LogP contribution is -2.28. The van der Waals surface area contributed by atoms with Crippen LogP contribution in [0.25, 0.3) is 4.85 Å². The van der Waals surface area contributed by atoms with Crippen molar-refractivity contribution in [1.82, 2.24) is 10.1 Å². The summed E-state index contributed by atoms with van der Waals surface area (Å²) in [5.74, 6) is 0.402. The fourth-order valence-corrected chi connectivity index (χ4v) is 1.42. The Kier molecular flexibility index (Phi) is 4.49. The van der Waals surface area contributed by atoms with E-state index < -0.39 is 24.6 Å². The summed E-state index contributed by atoms with van der Waals surface area (Å²) in [4.78, 5) is 6.94. The van der Waals surface area contributed by atoms with Crippen LogP contribution in [-0.4, -0.2) is 21.9 Å². The van der Waals surface area contributed by atoms with E-state index in [1.807, 2.05) is 0 Å². The zero-order chi connectivity index (χ0) is 14.5. The van der Waals surface area contributed by atoms with Crippen molar-refractivity contribution in [3.8, 4) is 6.07 Å². The SMILES string of the molecule is [C-]#[N+]C(C#N)(CCC(F)(F)F)Cc1noc(CC)n1. The Morgan fingerprint density at radius 2 is 2.11 bits per heavy atom. The molecular formula is C11H11F3N4O. The number of nitriles is 1. The number of aromatic nitrogens is 2. The van der Waals surface area contributed by atoms with Crippen molar-refractivity contribution in [2.45, 2.75) is 44.3 Å². The first-order chi connectivity index (χ1) is 8.84. The van der Waals surface area contributed by atoms with Crippen LogP contribution in [0, 0.1) is 17.9 Å². The van der Waals surface area contributed by atoms with Crippen molar-refractivity contribution in [2.75, 3.05) is 0 Å². The molecule has 8 heteroatoms. The Morgan fingerprint density at radius 3 is 2.53 bits per heavy atom. The molecule has 5 nitrogen and oxygen atoms in total. The monoisotopic (exact) mass is 272 g/mol. The van der Waals surface area contributed by atoms with Crippen LogP contribution in [0.4, 0.5) is 13.2 Å². The molecule has 0 radical (unpaired) electrons. The second-order valence-corrected chi connectivity index (χ2v) is 4.01. The zero-order valence-electron chi connectivity index (χ0n) is 10.2. The minimum Gasteiger partial charge on any atom is -0.339 e. The summed E-state index contributed by atoms with van der Waals surface area (Å²) in [6.45, 7) is 8.74. The molecule has 19 heavy (non-hydrogen) atoms. The van der Waals surface area contributed by atoms with Crippen molar-refractivity contribution in [3.05, 3.63) is 23.1 Å². The van der Waals surface area contributed by atoms with Gasteiger partial charge in [0.15, 0.2) is 11.9 Å². The van der Waals surface area contributed by atoms with Gasteiger partial charge in [0, 0.05) is 12.8 Å². The lowest BCUT2D eigenvalue weighted by atomic mass is 9.91. The standard InChI is InChI=1S/C11H11F3N4O/c1-3-9-17-8(18-19-9)6-10(7-15,16-2)4-5-11(12,13)14/h3-6H2,1H3. The first-order valence-electron chi connectivity index (χ1n) is 5.52. The molecule has 0 aromatic carbocycles. The van der Waals surface area contributed by atoms with Crippen molar-refractivity contribution in [2.24, 2.45) is 0 Å². The second kappa shape index (κ2) is 5.70. The van der Waals surface area contributed by atoms with E-state index in [1.54, 1.807) is 13.0 Å². The molecule has 0 fully saturated rings. The van der Waals surface area contributed by atoms with E-state index in [2.05, 4.69) is 15.0 Å². The second-order valence-electron chi connectivity index (χ2n) is 4.01. The Morgan fingerprint density at radius 1 is 1.42 bits per heavy atom. The average Bonchev–Trinajstić information content (AvgIpc) is 2.81. The van der Waals surface area contributed by atoms with Crippen LogP contribution < -0.4 is 0 Å². The Bertz CT molecular complexity index is 495. The summed E-state index contributed by atoms with van der Waals surface area (Å²) in [5, 5.41) is 12.5. The molecule has 1 aromatic heterocycles. The lowest BCUT2D eigenvalue weighted by Gasteiger charge is -2.13. The topological polar surface area (TPSA) is 67.1 Å². The van der Waals surface area contributed by atoms with Gasteiger partial charge in [-0.1, -0.05) is 12.1 Å². The van der Waals surface area contributed by atoms with E-state index in [1.165, 1.54) is 0 Å². The highest BCUT2D eigenvalue weighted by molar-refractivity contribution is 5.19. The third kappa shape index (κ3) is 4.25. The molecular weight excluding hydrogens is 261 g/mol. The van der Waals surface area contributed by atoms with Crippen LogP contribution in [0.1, 0.15) is 31.5 Å². The molecule has 0 N–H and O–H groups in total. The number of rotatable bonds is 5. The first-order valence-corrected chi connectivity index (χ1v) is 5.52. The van der Waals surface area contributed by atoms with Crippen molar-refractivity contribution in [1.29, 1.82) is 5.26 Å². The summed E-state index contributed by atoms with van der Waals surface area (Å²) < 4.78 is 41.4. The summed E-state index contributed by atoms with van der Waals surface area (Å²) in [6.07, 6.45) is -5.99. The zero-order valence-corrected chi connectivity index (χ0v) is 10.2. The van der Waals surface area contributed by atoms with Gasteiger partial charge in [-0.3, -0.25) is 4.85 Å². The molecule has 0 spiro atoms. The molecule has 1 heterocycles. The number of halogens is 3. The fourth-order valence-electron chi connectivity index (χ4n) is 1.42. The number of nitrogens with zero attached hydrogens (tertiary/aromatic N) is 4. The van der Waals surface area contributed by atoms with E-state index in [0.29, 0.717) is 12.3 Å². The van der Waals surface area contributed by atoms with Gasteiger partial charge >= 0.3 is 11.7 Å². The van der Waals surface area contributed by atoms with Crippen LogP contribution in [0.2, 0.25) is 0 Å². The third-order valence-corrected chi connectivity index (χ3v) is 2.51. The van der Waals surface area contributed by atoms with Crippen LogP contribution in [0.3, 0.4) is 0 Å². The van der Waals surface area contributed by atoms with Gasteiger partial charge in [-0.2, -0.15) is 23.4 Å². The maximum Gasteiger partial charge on any atom is 0.389 e. The molecule has 0 aliphatic heterocycles. The van der Waals surface area contributed by atoms with Gasteiger partial charge in [-0.25, -0.2) is 6.57 Å². The van der Waals surface area contributed by atoms with Crippen molar-refractivity contribution < 1.29 is 17.7 Å². The Balaban J connectivity index is 2.83. The molecule has 0 amide bonds.